The zero-order chi connectivity index (χ0) is 24.7. The van der Waals surface area contributed by atoms with Gasteiger partial charge in [0.1, 0.15) is 0 Å². The minimum Gasteiger partial charge on any atom is -0.493 e. The summed E-state index contributed by atoms with van der Waals surface area (Å²) in [5, 5.41) is 2.63. The van der Waals surface area contributed by atoms with Crippen molar-refractivity contribution in [1.82, 2.24) is 9.62 Å². The minimum absolute atomic E-state index is 0.00668. The molecule has 34 heavy (non-hydrogen) atoms. The summed E-state index contributed by atoms with van der Waals surface area (Å²) in [6.45, 7) is 0.635. The second-order valence-corrected chi connectivity index (χ2v) is 9.70. The maximum absolute atomic E-state index is 12.8. The lowest BCUT2D eigenvalue weighted by Crippen LogP contribution is -2.40. The molecule has 1 N–H and O–H groups in total. The predicted molar refractivity (Wildman–Crippen MR) is 129 cm³/mol. The van der Waals surface area contributed by atoms with Crippen molar-refractivity contribution in [1.29, 1.82) is 0 Å². The Morgan fingerprint density at radius 3 is 2.21 bits per heavy atom. The van der Waals surface area contributed by atoms with Crippen molar-refractivity contribution in [2.24, 2.45) is 0 Å². The Morgan fingerprint density at radius 2 is 1.56 bits per heavy atom. The van der Waals surface area contributed by atoms with Gasteiger partial charge in [-0.1, -0.05) is 6.07 Å². The first-order valence-electron chi connectivity index (χ1n) is 10.7. The number of amides is 1. The number of carbonyl (C=O) groups excluding carboxylic acids is 1. The molecule has 1 heterocycles. The van der Waals surface area contributed by atoms with E-state index in [4.69, 9.17) is 18.9 Å². The van der Waals surface area contributed by atoms with Crippen LogP contribution >= 0.6 is 0 Å². The summed E-state index contributed by atoms with van der Waals surface area (Å²) in [5.74, 6) is 1.76. The molecule has 0 saturated carbocycles. The fourth-order valence-electron chi connectivity index (χ4n) is 3.71. The minimum atomic E-state index is -3.55. The number of carbonyl (C=O) groups is 1. The SMILES string of the molecule is COc1ccc(/C=C/C(=O)NCCS(=O)(=O)N2CCc3cc(OC)c(OC)cc3C2)cc1OC. The third kappa shape index (κ3) is 6.00. The summed E-state index contributed by atoms with van der Waals surface area (Å²) in [5.41, 5.74) is 2.67. The summed E-state index contributed by atoms with van der Waals surface area (Å²) in [6.07, 6.45) is 3.55. The highest BCUT2D eigenvalue weighted by Crippen LogP contribution is 2.34. The zero-order valence-electron chi connectivity index (χ0n) is 19.8. The first-order chi connectivity index (χ1) is 16.3. The summed E-state index contributed by atoms with van der Waals surface area (Å²) in [4.78, 5) is 12.2. The van der Waals surface area contributed by atoms with Gasteiger partial charge in [-0.25, -0.2) is 8.42 Å². The normalized spacial score (nSPS) is 13.9. The predicted octanol–water partition coefficient (Wildman–Crippen LogP) is 2.24. The van der Waals surface area contributed by atoms with Crippen LogP contribution < -0.4 is 24.3 Å². The van der Waals surface area contributed by atoms with Gasteiger partial charge < -0.3 is 24.3 Å². The van der Waals surface area contributed by atoms with Crippen LogP contribution in [0, 0.1) is 0 Å². The molecule has 2 aromatic carbocycles. The van der Waals surface area contributed by atoms with Crippen molar-refractivity contribution in [3.63, 3.8) is 0 Å². The van der Waals surface area contributed by atoms with E-state index < -0.39 is 10.0 Å². The molecule has 0 aromatic heterocycles. The number of ether oxygens (including phenoxy) is 4. The molecule has 1 aliphatic heterocycles. The van der Waals surface area contributed by atoms with E-state index in [0.717, 1.165) is 16.7 Å². The second kappa shape index (κ2) is 11.3. The van der Waals surface area contributed by atoms with Gasteiger partial charge in [0.2, 0.25) is 15.9 Å². The molecule has 184 valence electrons. The van der Waals surface area contributed by atoms with Gasteiger partial charge in [-0.2, -0.15) is 4.31 Å². The molecule has 0 fully saturated rings. The molecule has 1 amide bonds. The number of nitrogens with one attached hydrogen (secondary N) is 1. The quantitative estimate of drug-likeness (QED) is 0.510. The van der Waals surface area contributed by atoms with Crippen LogP contribution in [0.4, 0.5) is 0 Å². The van der Waals surface area contributed by atoms with Crippen LogP contribution in [0.3, 0.4) is 0 Å². The molecule has 1 aliphatic rings. The lowest BCUT2D eigenvalue weighted by atomic mass is 10.0. The summed E-state index contributed by atoms with van der Waals surface area (Å²) in [6, 6.07) is 8.98. The first-order valence-corrected chi connectivity index (χ1v) is 12.3. The average molecular weight is 491 g/mol. The molecular formula is C24H30N2O7S. The van der Waals surface area contributed by atoms with E-state index in [1.807, 2.05) is 12.1 Å². The topological polar surface area (TPSA) is 103 Å². The van der Waals surface area contributed by atoms with Crippen LogP contribution in [-0.4, -0.2) is 65.9 Å². The molecule has 0 atom stereocenters. The lowest BCUT2D eigenvalue weighted by molar-refractivity contribution is -0.116. The summed E-state index contributed by atoms with van der Waals surface area (Å²) < 4.78 is 48.2. The Balaban J connectivity index is 1.55. The van der Waals surface area contributed by atoms with E-state index in [2.05, 4.69) is 5.32 Å². The summed E-state index contributed by atoms with van der Waals surface area (Å²) in [7, 11) is 2.65. The van der Waals surface area contributed by atoms with Crippen LogP contribution in [0.2, 0.25) is 0 Å². The number of nitrogens with zero attached hydrogens (tertiary/aromatic N) is 1. The van der Waals surface area contributed by atoms with E-state index in [0.29, 0.717) is 36.0 Å². The fourth-order valence-corrected chi connectivity index (χ4v) is 5.04. The molecule has 0 spiro atoms. The molecule has 0 radical (unpaired) electrons. The monoisotopic (exact) mass is 490 g/mol. The average Bonchev–Trinajstić information content (AvgIpc) is 2.85. The third-order valence-electron chi connectivity index (χ3n) is 5.57. The number of benzene rings is 2. The first kappa shape index (κ1) is 25.4. The van der Waals surface area contributed by atoms with Gasteiger partial charge in [-0.15, -0.1) is 0 Å². The molecule has 2 aromatic rings. The van der Waals surface area contributed by atoms with E-state index in [-0.39, 0.29) is 24.7 Å². The molecule has 10 heteroatoms. The highest BCUT2D eigenvalue weighted by molar-refractivity contribution is 7.89. The Hall–Kier alpha value is -3.24. The van der Waals surface area contributed by atoms with Gasteiger partial charge in [-0.05, 0) is 53.5 Å². The van der Waals surface area contributed by atoms with Crippen molar-refractivity contribution >= 4 is 22.0 Å². The molecule has 0 bridgehead atoms. The van der Waals surface area contributed by atoms with Gasteiger partial charge in [-0.3, -0.25) is 4.79 Å². The lowest BCUT2D eigenvalue weighted by Gasteiger charge is -2.29. The fraction of sp³-hybridized carbons (Fsp3) is 0.375. The van der Waals surface area contributed by atoms with Crippen molar-refractivity contribution in [2.75, 3.05) is 47.3 Å². The molecule has 3 rings (SSSR count). The van der Waals surface area contributed by atoms with Crippen LogP contribution in [0.15, 0.2) is 36.4 Å². The van der Waals surface area contributed by atoms with E-state index in [9.17, 15) is 13.2 Å². The van der Waals surface area contributed by atoms with Gasteiger partial charge >= 0.3 is 0 Å². The number of methoxy groups -OCH3 is 4. The highest BCUT2D eigenvalue weighted by atomic mass is 32.2. The van der Waals surface area contributed by atoms with Crippen molar-refractivity contribution in [3.05, 3.63) is 53.1 Å². The Morgan fingerprint density at radius 1 is 0.941 bits per heavy atom. The number of rotatable bonds is 10. The Kier molecular flexibility index (Phi) is 8.41. The van der Waals surface area contributed by atoms with Gasteiger partial charge in [0, 0.05) is 25.7 Å². The summed E-state index contributed by atoms with van der Waals surface area (Å²) >= 11 is 0. The van der Waals surface area contributed by atoms with E-state index >= 15 is 0 Å². The molecular weight excluding hydrogens is 460 g/mol. The Bertz CT molecular complexity index is 1160. The number of sulfonamides is 1. The highest BCUT2D eigenvalue weighted by Gasteiger charge is 2.27. The molecule has 0 aliphatic carbocycles. The van der Waals surface area contributed by atoms with Gasteiger partial charge in [0.05, 0.1) is 34.2 Å². The molecule has 0 saturated heterocycles. The molecule has 0 unspecified atom stereocenters. The number of hydrogen-bond donors (Lipinski definition) is 1. The van der Waals surface area contributed by atoms with Crippen LogP contribution in [0.1, 0.15) is 16.7 Å². The van der Waals surface area contributed by atoms with E-state index in [1.165, 1.54) is 17.5 Å². The van der Waals surface area contributed by atoms with Gasteiger partial charge in [0.25, 0.3) is 0 Å². The van der Waals surface area contributed by atoms with Crippen LogP contribution in [0.25, 0.3) is 6.08 Å². The number of hydrogen-bond acceptors (Lipinski definition) is 7. The maximum Gasteiger partial charge on any atom is 0.244 e. The standard InChI is InChI=1S/C24H30N2O7S/c1-30-20-7-5-17(13-21(20)31-2)6-8-24(27)25-10-12-34(28,29)26-11-9-18-14-22(32-3)23(33-4)15-19(18)16-26/h5-8,13-15H,9-12,16H2,1-4H3,(H,25,27)/b8-6+. The third-order valence-corrected chi connectivity index (χ3v) is 7.39. The van der Waals surface area contributed by atoms with Crippen molar-refractivity contribution in [2.45, 2.75) is 13.0 Å². The molecule has 9 nitrogen and oxygen atoms in total. The van der Waals surface area contributed by atoms with Gasteiger partial charge in [0.15, 0.2) is 23.0 Å². The van der Waals surface area contributed by atoms with Crippen LogP contribution in [0.5, 0.6) is 23.0 Å². The smallest absolute Gasteiger partial charge is 0.244 e. The largest absolute Gasteiger partial charge is 0.493 e. The van der Waals surface area contributed by atoms with Crippen molar-refractivity contribution in [3.8, 4) is 23.0 Å². The maximum atomic E-state index is 12.8. The van der Waals surface area contributed by atoms with Crippen molar-refractivity contribution < 1.29 is 32.2 Å². The second-order valence-electron chi connectivity index (χ2n) is 7.61. The Labute approximate surface area is 200 Å². The number of fused-ring (bicyclic) bond motifs is 1. The zero-order valence-corrected chi connectivity index (χ0v) is 20.6. The van der Waals surface area contributed by atoms with Crippen LogP contribution in [-0.2, 0) is 27.8 Å². The van der Waals surface area contributed by atoms with E-state index in [1.54, 1.807) is 45.6 Å².